The van der Waals surface area contributed by atoms with Crippen molar-refractivity contribution in [3.63, 3.8) is 0 Å². The van der Waals surface area contributed by atoms with Gasteiger partial charge in [-0.2, -0.15) is 0 Å². The number of hydrogen-bond donors (Lipinski definition) is 0. The van der Waals surface area contributed by atoms with Crippen LogP contribution in [0.4, 0.5) is 11.4 Å². The Morgan fingerprint density at radius 3 is 2.03 bits per heavy atom. The molecule has 2 aliphatic rings. The quantitative estimate of drug-likeness (QED) is 0.123. The first-order valence-electron chi connectivity index (χ1n) is 11.5. The standard InChI is InChI=1S/C25H21N3O9S2/c1-2-19-22(30)26-21(24(31)37-14-16-5-9-18(10-6-16)28(34)35)25(39-23(19)26)38-12-11-20(29)36-13-15-3-7-17(8-4-15)27(32)33/h2-10,23H,11-14H2,1H3. The number of ether oxygens (including phenoxy) is 2. The van der Waals surface area contributed by atoms with Crippen LogP contribution in [0, 0.1) is 20.2 Å². The number of esters is 2. The number of fused-ring (bicyclic) bond motifs is 1. The van der Waals surface area contributed by atoms with Crippen LogP contribution >= 0.6 is 23.5 Å². The fraction of sp³-hybridized carbons (Fsp3) is 0.240. The molecule has 202 valence electrons. The van der Waals surface area contributed by atoms with Crippen LogP contribution in [0.3, 0.4) is 0 Å². The summed E-state index contributed by atoms with van der Waals surface area (Å²) in [5, 5.41) is 21.2. The number of carbonyl (C=O) groups excluding carboxylic acids is 3. The maximum absolute atomic E-state index is 13.0. The molecule has 2 aromatic rings. The van der Waals surface area contributed by atoms with E-state index in [1.807, 2.05) is 0 Å². The van der Waals surface area contributed by atoms with Gasteiger partial charge in [0.15, 0.2) is 5.70 Å². The van der Waals surface area contributed by atoms with Gasteiger partial charge in [0.05, 0.1) is 20.5 Å². The van der Waals surface area contributed by atoms with Gasteiger partial charge < -0.3 is 9.47 Å². The number of nitro groups is 2. The van der Waals surface area contributed by atoms with E-state index < -0.39 is 21.8 Å². The Labute approximate surface area is 230 Å². The maximum Gasteiger partial charge on any atom is 0.357 e. The topological polar surface area (TPSA) is 159 Å². The van der Waals surface area contributed by atoms with E-state index in [4.69, 9.17) is 9.47 Å². The molecule has 12 nitrogen and oxygen atoms in total. The van der Waals surface area contributed by atoms with Crippen LogP contribution in [0.15, 0.2) is 70.1 Å². The minimum absolute atomic E-state index is 0.0297. The van der Waals surface area contributed by atoms with Gasteiger partial charge >= 0.3 is 11.9 Å². The zero-order valence-corrected chi connectivity index (χ0v) is 22.1. The minimum Gasteiger partial charge on any atom is -0.461 e. The number of nitro benzene ring substituents is 2. The van der Waals surface area contributed by atoms with Crippen molar-refractivity contribution in [2.75, 3.05) is 5.75 Å². The lowest BCUT2D eigenvalue weighted by molar-refractivity contribution is -0.385. The average molecular weight is 572 g/mol. The highest BCUT2D eigenvalue weighted by Gasteiger charge is 2.52. The molecule has 1 fully saturated rings. The van der Waals surface area contributed by atoms with Crippen molar-refractivity contribution in [1.82, 2.24) is 4.90 Å². The third kappa shape index (κ3) is 6.29. The molecule has 2 aliphatic heterocycles. The fourth-order valence-corrected chi connectivity index (χ4v) is 6.41. The summed E-state index contributed by atoms with van der Waals surface area (Å²) in [6.07, 6.45) is 1.72. The van der Waals surface area contributed by atoms with Crippen molar-refractivity contribution >= 4 is 52.7 Å². The van der Waals surface area contributed by atoms with Crippen LogP contribution in [-0.2, 0) is 37.1 Å². The molecule has 0 aromatic heterocycles. The predicted molar refractivity (Wildman–Crippen MR) is 142 cm³/mol. The van der Waals surface area contributed by atoms with Crippen molar-refractivity contribution in [1.29, 1.82) is 0 Å². The van der Waals surface area contributed by atoms with Gasteiger partial charge in [-0.15, -0.1) is 11.8 Å². The van der Waals surface area contributed by atoms with E-state index in [0.29, 0.717) is 20.9 Å². The zero-order chi connectivity index (χ0) is 28.1. The van der Waals surface area contributed by atoms with Crippen molar-refractivity contribution in [3.8, 4) is 0 Å². The molecule has 14 heteroatoms. The van der Waals surface area contributed by atoms with Gasteiger partial charge in [0, 0.05) is 35.6 Å². The smallest absolute Gasteiger partial charge is 0.357 e. The summed E-state index contributed by atoms with van der Waals surface area (Å²) in [6.45, 7) is 1.57. The van der Waals surface area contributed by atoms with Crippen LogP contribution in [0.2, 0.25) is 0 Å². The highest BCUT2D eigenvalue weighted by molar-refractivity contribution is 8.22. The number of hydrogen-bond acceptors (Lipinski definition) is 11. The first-order chi connectivity index (χ1) is 18.7. The van der Waals surface area contributed by atoms with E-state index in [1.54, 1.807) is 13.0 Å². The minimum atomic E-state index is -0.713. The molecule has 2 heterocycles. The van der Waals surface area contributed by atoms with Crippen molar-refractivity contribution in [3.05, 3.63) is 101 Å². The number of benzene rings is 2. The Morgan fingerprint density at radius 1 is 0.974 bits per heavy atom. The molecule has 0 bridgehead atoms. The third-order valence-corrected chi connectivity index (χ3v) is 8.33. The second-order valence-electron chi connectivity index (χ2n) is 8.21. The Bertz CT molecular complexity index is 1390. The molecule has 1 saturated heterocycles. The van der Waals surface area contributed by atoms with Crippen LogP contribution in [0.5, 0.6) is 0 Å². The SMILES string of the molecule is CC=C1C(=O)N2C(C(=O)OCc3ccc([N+](=O)[O-])cc3)=C(SCCC(=O)OCc3ccc([N+](=O)[O-])cc3)SC12. The number of allylic oxidation sites excluding steroid dienone is 1. The first kappa shape index (κ1) is 27.9. The molecule has 1 unspecified atom stereocenters. The molecular formula is C25H21N3O9S2. The van der Waals surface area contributed by atoms with Crippen LogP contribution in [0.1, 0.15) is 24.5 Å². The summed E-state index contributed by atoms with van der Waals surface area (Å²) < 4.78 is 11.2. The van der Waals surface area contributed by atoms with E-state index >= 15 is 0 Å². The van der Waals surface area contributed by atoms with E-state index in [2.05, 4.69) is 0 Å². The fourth-order valence-electron chi connectivity index (χ4n) is 3.67. The Balaban J connectivity index is 1.34. The molecule has 0 saturated carbocycles. The van der Waals surface area contributed by atoms with Crippen molar-refractivity contribution < 1.29 is 33.7 Å². The van der Waals surface area contributed by atoms with Crippen LogP contribution < -0.4 is 0 Å². The predicted octanol–water partition coefficient (Wildman–Crippen LogP) is 4.44. The highest BCUT2D eigenvalue weighted by atomic mass is 32.2. The molecular weight excluding hydrogens is 550 g/mol. The lowest BCUT2D eigenvalue weighted by atomic mass is 10.1. The summed E-state index contributed by atoms with van der Waals surface area (Å²) >= 11 is 2.56. The number of β-lactam (4-membered cyclic amide) rings is 1. The normalized spacial score (nSPS) is 17.1. The van der Waals surface area contributed by atoms with E-state index in [1.165, 1.54) is 77.0 Å². The number of amides is 1. The molecule has 0 spiro atoms. The molecule has 0 radical (unpaired) electrons. The largest absolute Gasteiger partial charge is 0.461 e. The van der Waals surface area contributed by atoms with E-state index in [0.717, 1.165) is 0 Å². The Kier molecular flexibility index (Phi) is 8.66. The molecule has 4 rings (SSSR count). The van der Waals surface area contributed by atoms with Gasteiger partial charge in [0.25, 0.3) is 17.3 Å². The number of rotatable bonds is 11. The average Bonchev–Trinajstić information content (AvgIpc) is 3.26. The summed E-state index contributed by atoms with van der Waals surface area (Å²) in [5.41, 5.74) is 1.68. The molecule has 1 amide bonds. The van der Waals surface area contributed by atoms with Gasteiger partial charge in [-0.25, -0.2) is 4.79 Å². The van der Waals surface area contributed by atoms with E-state index in [9.17, 15) is 34.6 Å². The second-order valence-corrected chi connectivity index (χ2v) is 10.7. The summed E-state index contributed by atoms with van der Waals surface area (Å²) in [5.74, 6) is -1.22. The molecule has 1 atom stereocenters. The molecule has 2 aromatic carbocycles. The lowest BCUT2D eigenvalue weighted by Gasteiger charge is -2.37. The van der Waals surface area contributed by atoms with Crippen LogP contribution in [-0.4, -0.2) is 43.7 Å². The van der Waals surface area contributed by atoms with Gasteiger partial charge in [0.1, 0.15) is 18.6 Å². The second kappa shape index (κ2) is 12.1. The molecule has 39 heavy (non-hydrogen) atoms. The van der Waals surface area contributed by atoms with Crippen molar-refractivity contribution in [2.24, 2.45) is 0 Å². The number of carbonyl (C=O) groups is 3. The number of thioether (sulfide) groups is 2. The Morgan fingerprint density at radius 2 is 1.51 bits per heavy atom. The lowest BCUT2D eigenvalue weighted by Crippen LogP contribution is -2.51. The van der Waals surface area contributed by atoms with Crippen molar-refractivity contribution in [2.45, 2.75) is 31.9 Å². The number of nitrogens with zero attached hydrogens (tertiary/aromatic N) is 3. The van der Waals surface area contributed by atoms with Crippen LogP contribution in [0.25, 0.3) is 0 Å². The highest BCUT2D eigenvalue weighted by Crippen LogP contribution is 2.53. The van der Waals surface area contributed by atoms with Gasteiger partial charge in [-0.1, -0.05) is 17.8 Å². The molecule has 0 N–H and O–H groups in total. The van der Waals surface area contributed by atoms with Gasteiger partial charge in [0.2, 0.25) is 0 Å². The summed E-state index contributed by atoms with van der Waals surface area (Å²) in [6, 6.07) is 11.3. The van der Waals surface area contributed by atoms with E-state index in [-0.39, 0.29) is 53.7 Å². The summed E-state index contributed by atoms with van der Waals surface area (Å²) in [7, 11) is 0. The third-order valence-electron chi connectivity index (χ3n) is 5.73. The molecule has 0 aliphatic carbocycles. The number of non-ortho nitro benzene ring substituents is 2. The zero-order valence-electron chi connectivity index (χ0n) is 20.4. The Hall–Kier alpha value is -4.17. The van der Waals surface area contributed by atoms with Gasteiger partial charge in [-0.05, 0) is 42.3 Å². The monoisotopic (exact) mass is 571 g/mol. The summed E-state index contributed by atoms with van der Waals surface area (Å²) in [4.78, 5) is 59.7. The maximum atomic E-state index is 13.0. The van der Waals surface area contributed by atoms with Gasteiger partial charge in [-0.3, -0.25) is 34.7 Å². The first-order valence-corrected chi connectivity index (χ1v) is 13.4.